The van der Waals surface area contributed by atoms with Gasteiger partial charge in [0.1, 0.15) is 40.6 Å². The predicted molar refractivity (Wildman–Crippen MR) is 168 cm³/mol. The highest BCUT2D eigenvalue weighted by molar-refractivity contribution is 7.32. The summed E-state index contributed by atoms with van der Waals surface area (Å²) in [5.41, 5.74) is 2.71. The molecule has 2 aromatic heterocycles. The molecule has 0 aliphatic carbocycles. The molecule has 4 heterocycles. The van der Waals surface area contributed by atoms with Gasteiger partial charge in [0.25, 0.3) is 0 Å². The van der Waals surface area contributed by atoms with Gasteiger partial charge in [-0.2, -0.15) is 0 Å². The number of rotatable bonds is 5. The maximum Gasteiger partial charge on any atom is 0.387 e. The second kappa shape index (κ2) is 11.1. The molecule has 44 heavy (non-hydrogen) atoms. The molecule has 9 nitrogen and oxygen atoms in total. The van der Waals surface area contributed by atoms with Gasteiger partial charge in [-0.3, -0.25) is 9.05 Å². The van der Waals surface area contributed by atoms with E-state index in [1.807, 2.05) is 118 Å². The van der Waals surface area contributed by atoms with Crippen LogP contribution in [0.3, 0.4) is 0 Å². The standard InChI is InChI=1S/C33H30O9P2/c1-20(37-43-38-25-16-8-4-12-21(25)22-13-5-9-17-26(22)39-43)29-30(31-32(34-29)36-33(2,3)35-31)42-44-40-27-18-10-6-14-23(27)24-15-7-11-19-28(24)41-44/h4-20,29-32H,1-3H3/t20-,29-,30-,31-,32-/m1/s1. The van der Waals surface area contributed by atoms with Crippen molar-refractivity contribution in [3.05, 3.63) is 97.1 Å². The quantitative estimate of drug-likeness (QED) is 0.184. The summed E-state index contributed by atoms with van der Waals surface area (Å²) in [4.78, 5) is 0. The van der Waals surface area contributed by atoms with Crippen molar-refractivity contribution >= 4 is 60.4 Å². The van der Waals surface area contributed by atoms with Crippen LogP contribution in [0.4, 0.5) is 0 Å². The fourth-order valence-electron chi connectivity index (χ4n) is 5.82. The molecule has 0 saturated carbocycles. The average molecular weight is 633 g/mol. The first-order valence-electron chi connectivity index (χ1n) is 14.5. The van der Waals surface area contributed by atoms with Gasteiger partial charge in [-0.1, -0.05) is 72.8 Å². The Bertz CT molecular complexity index is 1950. The van der Waals surface area contributed by atoms with Crippen LogP contribution in [0.1, 0.15) is 20.8 Å². The van der Waals surface area contributed by atoms with Gasteiger partial charge >= 0.3 is 16.5 Å². The van der Waals surface area contributed by atoms with E-state index in [1.165, 1.54) is 0 Å². The summed E-state index contributed by atoms with van der Waals surface area (Å²) in [6, 6.07) is 31.3. The molecular weight excluding hydrogens is 602 g/mol. The summed E-state index contributed by atoms with van der Waals surface area (Å²) in [6.45, 7) is 5.60. The van der Waals surface area contributed by atoms with Gasteiger partial charge in [-0.05, 0) is 45.0 Å². The summed E-state index contributed by atoms with van der Waals surface area (Å²) in [6.07, 6.45) is -3.03. The van der Waals surface area contributed by atoms with E-state index in [0.29, 0.717) is 22.3 Å². The fourth-order valence-corrected chi connectivity index (χ4v) is 8.17. The van der Waals surface area contributed by atoms with Gasteiger partial charge in [-0.25, -0.2) is 0 Å². The number of ether oxygens (including phenoxy) is 3. The number of benzene rings is 4. The van der Waals surface area contributed by atoms with E-state index >= 15 is 0 Å². The smallest absolute Gasteiger partial charge is 0.387 e. The van der Waals surface area contributed by atoms with Gasteiger partial charge in [0.05, 0.1) is 6.10 Å². The molecule has 0 N–H and O–H groups in total. The van der Waals surface area contributed by atoms with Crippen LogP contribution in [0.5, 0.6) is 0 Å². The molecule has 5 atom stereocenters. The zero-order chi connectivity index (χ0) is 29.8. The largest absolute Gasteiger partial charge is 0.399 e. The zero-order valence-electron chi connectivity index (χ0n) is 24.2. The lowest BCUT2D eigenvalue weighted by molar-refractivity contribution is -0.218. The first-order valence-corrected chi connectivity index (χ1v) is 16.6. The van der Waals surface area contributed by atoms with Crippen molar-refractivity contribution in [2.75, 3.05) is 0 Å². The van der Waals surface area contributed by atoms with Crippen molar-refractivity contribution < 1.29 is 40.0 Å². The second-order valence-electron chi connectivity index (χ2n) is 11.2. The molecule has 2 fully saturated rings. The highest BCUT2D eigenvalue weighted by Crippen LogP contribution is 2.44. The highest BCUT2D eigenvalue weighted by Gasteiger charge is 2.58. The Morgan fingerprint density at radius 1 is 0.614 bits per heavy atom. The van der Waals surface area contributed by atoms with Crippen molar-refractivity contribution in [2.45, 2.75) is 57.3 Å². The molecule has 2 aliphatic rings. The lowest BCUT2D eigenvalue weighted by Crippen LogP contribution is -2.44. The number of hydrogen-bond donors (Lipinski definition) is 0. The van der Waals surface area contributed by atoms with Gasteiger partial charge < -0.3 is 31.0 Å². The van der Waals surface area contributed by atoms with E-state index < -0.39 is 53.0 Å². The van der Waals surface area contributed by atoms with E-state index in [0.717, 1.165) is 21.5 Å². The summed E-state index contributed by atoms with van der Waals surface area (Å²) in [5, 5.41) is 3.73. The van der Waals surface area contributed by atoms with Crippen LogP contribution in [0.25, 0.3) is 43.9 Å². The molecule has 0 radical (unpaired) electrons. The molecule has 8 rings (SSSR count). The van der Waals surface area contributed by atoms with Crippen LogP contribution in [0.2, 0.25) is 0 Å². The number of hydrogen-bond acceptors (Lipinski definition) is 9. The maximum absolute atomic E-state index is 6.65. The van der Waals surface area contributed by atoms with Crippen molar-refractivity contribution in [3.63, 3.8) is 0 Å². The minimum atomic E-state index is -1.91. The number of para-hydroxylation sites is 4. The summed E-state index contributed by atoms with van der Waals surface area (Å²) in [7, 11) is -3.76. The van der Waals surface area contributed by atoms with Gasteiger partial charge in [0, 0.05) is 21.5 Å². The Hall–Kier alpha value is -3.52. The molecule has 2 saturated heterocycles. The fraction of sp³-hybridized carbons (Fsp3) is 0.273. The Labute approximate surface area is 254 Å². The third-order valence-corrected chi connectivity index (χ3v) is 10.1. The zero-order valence-corrected chi connectivity index (χ0v) is 26.0. The first kappa shape index (κ1) is 28.0. The monoisotopic (exact) mass is 632 g/mol. The van der Waals surface area contributed by atoms with Crippen molar-refractivity contribution in [2.24, 2.45) is 0 Å². The topological polar surface area (TPSA) is 98.7 Å². The minimum absolute atomic E-state index is 0.547. The number of fused-ring (bicyclic) bond motifs is 7. The molecule has 0 unspecified atom stereocenters. The third kappa shape index (κ3) is 5.15. The van der Waals surface area contributed by atoms with Crippen LogP contribution in [-0.4, -0.2) is 36.5 Å². The molecule has 4 aromatic carbocycles. The normalized spacial score (nSPS) is 23.3. The summed E-state index contributed by atoms with van der Waals surface area (Å²) in [5.74, 6) is -0.853. The van der Waals surface area contributed by atoms with E-state index in [9.17, 15) is 0 Å². The Morgan fingerprint density at radius 2 is 1.05 bits per heavy atom. The van der Waals surface area contributed by atoms with Crippen LogP contribution in [-0.2, 0) is 14.2 Å². The van der Waals surface area contributed by atoms with Crippen LogP contribution < -0.4 is 9.05 Å². The van der Waals surface area contributed by atoms with Crippen LogP contribution in [0, 0.1) is 0 Å². The van der Waals surface area contributed by atoms with Crippen molar-refractivity contribution in [3.8, 4) is 0 Å². The average Bonchev–Trinajstić information content (AvgIpc) is 3.36. The molecule has 0 spiro atoms. The molecule has 2 aliphatic heterocycles. The van der Waals surface area contributed by atoms with E-state index in [1.54, 1.807) is 0 Å². The van der Waals surface area contributed by atoms with E-state index in [4.69, 9.17) is 40.0 Å². The van der Waals surface area contributed by atoms with Crippen LogP contribution >= 0.6 is 16.5 Å². The molecule has 11 heteroatoms. The van der Waals surface area contributed by atoms with Crippen LogP contribution in [0.15, 0.2) is 114 Å². The van der Waals surface area contributed by atoms with E-state index in [-0.39, 0.29) is 0 Å². The first-order chi connectivity index (χ1) is 21.4. The van der Waals surface area contributed by atoms with Gasteiger partial charge in [-0.15, -0.1) is 0 Å². The molecule has 226 valence electrons. The minimum Gasteiger partial charge on any atom is -0.399 e. The van der Waals surface area contributed by atoms with Crippen molar-refractivity contribution in [1.82, 2.24) is 0 Å². The second-order valence-corrected chi connectivity index (χ2v) is 13.3. The Balaban J connectivity index is 1.18. The van der Waals surface area contributed by atoms with E-state index in [2.05, 4.69) is 0 Å². The summed E-state index contributed by atoms with van der Waals surface area (Å²) >= 11 is 0. The third-order valence-electron chi connectivity index (χ3n) is 7.77. The molecular formula is C33H30O9P2. The Morgan fingerprint density at radius 3 is 1.52 bits per heavy atom. The SMILES string of the molecule is C[C@@H](Op1oc2ccccc2c2ccccc2o1)[C@H]1O[C@@H]2OC(C)(C)O[C@@H]2[C@@H]1Op1oc2ccccc2c2ccccc2o1. The summed E-state index contributed by atoms with van der Waals surface area (Å²) < 4.78 is 57.2. The van der Waals surface area contributed by atoms with Gasteiger partial charge in [0.2, 0.25) is 0 Å². The maximum atomic E-state index is 6.65. The molecule has 0 amide bonds. The molecule has 6 aromatic rings. The lowest BCUT2D eigenvalue weighted by atomic mass is 10.1. The highest BCUT2D eigenvalue weighted by atomic mass is 31.1. The lowest BCUT2D eigenvalue weighted by Gasteiger charge is -2.27. The Kier molecular flexibility index (Phi) is 7.08. The molecule has 0 bridgehead atoms. The van der Waals surface area contributed by atoms with Gasteiger partial charge in [0.15, 0.2) is 12.1 Å². The predicted octanol–water partition coefficient (Wildman–Crippen LogP) is 9.08. The van der Waals surface area contributed by atoms with Crippen molar-refractivity contribution in [1.29, 1.82) is 0 Å².